The van der Waals surface area contributed by atoms with E-state index in [0.29, 0.717) is 12.5 Å². The number of aryl methyl sites for hydroxylation is 1. The van der Waals surface area contributed by atoms with Crippen molar-refractivity contribution in [2.75, 3.05) is 26.2 Å². The smallest absolute Gasteiger partial charge is 0.223 e. The molecular weight excluding hydrogens is 284 g/mol. The molecule has 3 nitrogen and oxygen atoms in total. The lowest BCUT2D eigenvalue weighted by Crippen LogP contribution is -2.37. The van der Waals surface area contributed by atoms with Gasteiger partial charge in [0.15, 0.2) is 0 Å². The first kappa shape index (κ1) is 17.7. The second-order valence-electron chi connectivity index (χ2n) is 6.21. The van der Waals surface area contributed by atoms with Crippen molar-refractivity contribution in [2.24, 2.45) is 0 Å². The summed E-state index contributed by atoms with van der Waals surface area (Å²) >= 11 is 0. The van der Waals surface area contributed by atoms with Crippen LogP contribution in [0.15, 0.2) is 36.9 Å². The Morgan fingerprint density at radius 3 is 2.74 bits per heavy atom. The summed E-state index contributed by atoms with van der Waals surface area (Å²) in [5, 5.41) is 0. The molecule has 1 aromatic rings. The van der Waals surface area contributed by atoms with Crippen molar-refractivity contribution in [2.45, 2.75) is 45.6 Å². The zero-order chi connectivity index (χ0) is 16.7. The molecule has 0 fully saturated rings. The lowest BCUT2D eigenvalue weighted by atomic mass is 9.86. The fraction of sp³-hybridized carbons (Fsp3) is 0.550. The highest BCUT2D eigenvalue weighted by Crippen LogP contribution is 2.34. The molecule has 1 aliphatic rings. The Kier molecular flexibility index (Phi) is 6.85. The van der Waals surface area contributed by atoms with Gasteiger partial charge in [0.1, 0.15) is 0 Å². The molecule has 0 spiro atoms. The monoisotopic (exact) mass is 314 g/mol. The number of nitrogens with zero attached hydrogens (tertiary/aromatic N) is 2. The van der Waals surface area contributed by atoms with Crippen LogP contribution in [0.5, 0.6) is 0 Å². The molecular formula is C20H30N2O. The maximum absolute atomic E-state index is 12.3. The van der Waals surface area contributed by atoms with Gasteiger partial charge < -0.3 is 4.90 Å². The van der Waals surface area contributed by atoms with Crippen molar-refractivity contribution in [3.8, 4) is 0 Å². The largest absolute Gasteiger partial charge is 0.343 e. The highest BCUT2D eigenvalue weighted by molar-refractivity contribution is 5.76. The van der Waals surface area contributed by atoms with Gasteiger partial charge in [-0.05, 0) is 44.2 Å². The van der Waals surface area contributed by atoms with Crippen LogP contribution in [0.2, 0.25) is 0 Å². The normalized spacial score (nSPS) is 16.9. The minimum atomic E-state index is 0.258. The van der Waals surface area contributed by atoms with Crippen LogP contribution in [0.25, 0.3) is 0 Å². The molecule has 3 heteroatoms. The first-order valence-electron chi connectivity index (χ1n) is 8.91. The van der Waals surface area contributed by atoms with E-state index in [9.17, 15) is 4.79 Å². The molecule has 0 N–H and O–H groups in total. The van der Waals surface area contributed by atoms with E-state index in [4.69, 9.17) is 0 Å². The lowest BCUT2D eigenvalue weighted by Gasteiger charge is -2.35. The van der Waals surface area contributed by atoms with Crippen molar-refractivity contribution in [1.82, 2.24) is 9.80 Å². The third kappa shape index (κ3) is 4.44. The Balaban J connectivity index is 2.07. The minimum Gasteiger partial charge on any atom is -0.343 e. The van der Waals surface area contributed by atoms with Gasteiger partial charge in [0.2, 0.25) is 5.91 Å². The van der Waals surface area contributed by atoms with Gasteiger partial charge >= 0.3 is 0 Å². The van der Waals surface area contributed by atoms with E-state index in [-0.39, 0.29) is 5.91 Å². The maximum Gasteiger partial charge on any atom is 0.223 e. The topological polar surface area (TPSA) is 23.6 Å². The third-order valence-corrected chi connectivity index (χ3v) is 4.87. The van der Waals surface area contributed by atoms with Crippen LogP contribution in [0.3, 0.4) is 0 Å². The number of amides is 1. The summed E-state index contributed by atoms with van der Waals surface area (Å²) in [5.41, 5.74) is 2.91. The Morgan fingerprint density at radius 1 is 1.30 bits per heavy atom. The van der Waals surface area contributed by atoms with Gasteiger partial charge in [-0.25, -0.2) is 0 Å². The number of hydrogen-bond donors (Lipinski definition) is 0. The second-order valence-corrected chi connectivity index (χ2v) is 6.21. The Bertz CT molecular complexity index is 522. The zero-order valence-corrected chi connectivity index (χ0v) is 14.6. The van der Waals surface area contributed by atoms with E-state index < -0.39 is 0 Å². The van der Waals surface area contributed by atoms with E-state index in [1.165, 1.54) is 30.4 Å². The predicted molar refractivity (Wildman–Crippen MR) is 96.4 cm³/mol. The van der Waals surface area contributed by atoms with Crippen LogP contribution in [-0.4, -0.2) is 41.9 Å². The molecule has 1 amide bonds. The van der Waals surface area contributed by atoms with Crippen molar-refractivity contribution < 1.29 is 4.79 Å². The van der Waals surface area contributed by atoms with Crippen molar-refractivity contribution in [3.63, 3.8) is 0 Å². The number of rotatable bonds is 8. The Hall–Kier alpha value is -1.61. The summed E-state index contributed by atoms with van der Waals surface area (Å²) < 4.78 is 0. The first-order valence-corrected chi connectivity index (χ1v) is 8.91. The standard InChI is InChI=1S/C20H30N2O/c1-4-15-22(16-14-20(23)21(5-2)6-3)19-13-9-11-17-10-7-8-12-18(17)19/h4,7-8,10,12,19H,1,5-6,9,11,13-16H2,2-3H3. The average molecular weight is 314 g/mol. The zero-order valence-electron chi connectivity index (χ0n) is 14.6. The minimum absolute atomic E-state index is 0.258. The summed E-state index contributed by atoms with van der Waals surface area (Å²) in [6, 6.07) is 9.17. The van der Waals surface area contributed by atoms with Gasteiger partial charge in [-0.1, -0.05) is 30.3 Å². The van der Waals surface area contributed by atoms with E-state index >= 15 is 0 Å². The van der Waals surface area contributed by atoms with E-state index in [1.807, 2.05) is 24.8 Å². The molecule has 0 aromatic heterocycles. The van der Waals surface area contributed by atoms with E-state index in [1.54, 1.807) is 0 Å². The summed E-state index contributed by atoms with van der Waals surface area (Å²) in [7, 11) is 0. The molecule has 0 saturated heterocycles. The fourth-order valence-electron chi connectivity index (χ4n) is 3.62. The van der Waals surface area contributed by atoms with Crippen LogP contribution in [0.1, 0.15) is 50.3 Å². The number of fused-ring (bicyclic) bond motifs is 1. The van der Waals surface area contributed by atoms with Gasteiger partial charge in [0, 0.05) is 38.6 Å². The molecule has 0 saturated carbocycles. The molecule has 126 valence electrons. The SMILES string of the molecule is C=CCN(CCC(=O)N(CC)CC)C1CCCc2ccccc21. The van der Waals surface area contributed by atoms with Crippen molar-refractivity contribution in [1.29, 1.82) is 0 Å². The molecule has 1 unspecified atom stereocenters. The van der Waals surface area contributed by atoms with Crippen LogP contribution < -0.4 is 0 Å². The van der Waals surface area contributed by atoms with E-state index in [2.05, 4.69) is 35.7 Å². The summed E-state index contributed by atoms with van der Waals surface area (Å²) in [4.78, 5) is 16.7. The quantitative estimate of drug-likeness (QED) is 0.681. The van der Waals surface area contributed by atoms with Gasteiger partial charge in [-0.15, -0.1) is 6.58 Å². The van der Waals surface area contributed by atoms with E-state index in [0.717, 1.165) is 26.2 Å². The average Bonchev–Trinajstić information content (AvgIpc) is 2.59. The maximum atomic E-state index is 12.3. The van der Waals surface area contributed by atoms with Gasteiger partial charge in [0.25, 0.3) is 0 Å². The number of carbonyl (C=O) groups excluding carboxylic acids is 1. The van der Waals surface area contributed by atoms with Crippen LogP contribution in [0, 0.1) is 0 Å². The molecule has 1 aromatic carbocycles. The van der Waals surface area contributed by atoms with Crippen LogP contribution in [0.4, 0.5) is 0 Å². The van der Waals surface area contributed by atoms with Crippen molar-refractivity contribution in [3.05, 3.63) is 48.0 Å². The number of benzene rings is 1. The molecule has 2 rings (SSSR count). The van der Waals surface area contributed by atoms with Gasteiger partial charge in [-0.3, -0.25) is 9.69 Å². The summed E-state index contributed by atoms with van der Waals surface area (Å²) in [6.45, 7) is 11.2. The highest BCUT2D eigenvalue weighted by atomic mass is 16.2. The summed E-state index contributed by atoms with van der Waals surface area (Å²) in [6.07, 6.45) is 6.11. The highest BCUT2D eigenvalue weighted by Gasteiger charge is 2.25. The third-order valence-electron chi connectivity index (χ3n) is 4.87. The lowest BCUT2D eigenvalue weighted by molar-refractivity contribution is -0.131. The number of hydrogen-bond acceptors (Lipinski definition) is 2. The fourth-order valence-corrected chi connectivity index (χ4v) is 3.62. The van der Waals surface area contributed by atoms with Gasteiger partial charge in [-0.2, -0.15) is 0 Å². The Labute approximate surface area is 141 Å². The Morgan fingerprint density at radius 2 is 2.04 bits per heavy atom. The molecule has 23 heavy (non-hydrogen) atoms. The van der Waals surface area contributed by atoms with Crippen LogP contribution >= 0.6 is 0 Å². The van der Waals surface area contributed by atoms with Gasteiger partial charge in [0.05, 0.1) is 0 Å². The second kappa shape index (κ2) is 8.88. The predicted octanol–water partition coefficient (Wildman–Crippen LogP) is 3.81. The first-order chi connectivity index (χ1) is 11.2. The molecule has 0 radical (unpaired) electrons. The summed E-state index contributed by atoms with van der Waals surface area (Å²) in [5.74, 6) is 0.258. The van der Waals surface area contributed by atoms with Crippen molar-refractivity contribution >= 4 is 5.91 Å². The molecule has 0 bridgehead atoms. The molecule has 0 aliphatic heterocycles. The molecule has 1 aliphatic carbocycles. The molecule has 0 heterocycles. The molecule has 1 atom stereocenters. The van der Waals surface area contributed by atoms with Crippen LogP contribution in [-0.2, 0) is 11.2 Å². The number of carbonyl (C=O) groups is 1.